The summed E-state index contributed by atoms with van der Waals surface area (Å²) in [5.41, 5.74) is 2.51. The van der Waals surface area contributed by atoms with Crippen LogP contribution >= 0.6 is 0 Å². The van der Waals surface area contributed by atoms with Crippen LogP contribution in [0.25, 0.3) is 22.1 Å². The highest BCUT2D eigenvalue weighted by atomic mass is 16.5. The maximum Gasteiger partial charge on any atom is 0.336 e. The summed E-state index contributed by atoms with van der Waals surface area (Å²) in [4.78, 5) is 26.3. The van der Waals surface area contributed by atoms with Crippen LogP contribution in [0.3, 0.4) is 0 Å². The second-order valence-corrected chi connectivity index (χ2v) is 6.76. The molecule has 0 N–H and O–H groups in total. The van der Waals surface area contributed by atoms with Gasteiger partial charge >= 0.3 is 5.63 Å². The molecule has 6 heteroatoms. The summed E-state index contributed by atoms with van der Waals surface area (Å²) in [6.45, 7) is 4.05. The Morgan fingerprint density at radius 2 is 1.86 bits per heavy atom. The van der Waals surface area contributed by atoms with Crippen molar-refractivity contribution < 1.29 is 18.7 Å². The van der Waals surface area contributed by atoms with Crippen molar-refractivity contribution in [2.75, 3.05) is 32.9 Å². The minimum absolute atomic E-state index is 0.0775. The van der Waals surface area contributed by atoms with Gasteiger partial charge in [0.05, 0.1) is 18.6 Å². The molecule has 0 radical (unpaired) electrons. The quantitative estimate of drug-likeness (QED) is 0.652. The van der Waals surface area contributed by atoms with Crippen molar-refractivity contribution >= 4 is 16.9 Å². The number of amides is 1. The van der Waals surface area contributed by atoms with Gasteiger partial charge in [-0.15, -0.1) is 0 Å². The lowest BCUT2D eigenvalue weighted by molar-refractivity contribution is -0.137. The average molecular weight is 379 g/mol. The van der Waals surface area contributed by atoms with Crippen molar-refractivity contribution in [1.82, 2.24) is 4.90 Å². The van der Waals surface area contributed by atoms with Crippen LogP contribution in [0.15, 0.2) is 57.7 Å². The summed E-state index contributed by atoms with van der Waals surface area (Å²) < 4.78 is 16.6. The first kappa shape index (κ1) is 18.3. The Balaban J connectivity index is 1.73. The van der Waals surface area contributed by atoms with Gasteiger partial charge in [-0.1, -0.05) is 30.3 Å². The number of rotatable bonds is 4. The molecule has 2 aromatic carbocycles. The second-order valence-electron chi connectivity index (χ2n) is 6.76. The molecule has 1 aliphatic heterocycles. The average Bonchev–Trinajstić information content (AvgIpc) is 2.72. The highest BCUT2D eigenvalue weighted by Crippen LogP contribution is 2.35. The summed E-state index contributed by atoms with van der Waals surface area (Å²) >= 11 is 0. The molecule has 6 nitrogen and oxygen atoms in total. The van der Waals surface area contributed by atoms with Crippen LogP contribution in [0.4, 0.5) is 0 Å². The van der Waals surface area contributed by atoms with E-state index in [1.165, 1.54) is 6.07 Å². The van der Waals surface area contributed by atoms with Gasteiger partial charge < -0.3 is 18.8 Å². The predicted molar refractivity (Wildman–Crippen MR) is 106 cm³/mol. The maximum absolute atomic E-state index is 12.5. The van der Waals surface area contributed by atoms with Gasteiger partial charge in [-0.3, -0.25) is 4.79 Å². The van der Waals surface area contributed by atoms with Crippen LogP contribution in [-0.2, 0) is 9.53 Å². The van der Waals surface area contributed by atoms with E-state index < -0.39 is 5.63 Å². The fourth-order valence-corrected chi connectivity index (χ4v) is 3.40. The van der Waals surface area contributed by atoms with Crippen LogP contribution in [0.5, 0.6) is 5.75 Å². The monoisotopic (exact) mass is 379 g/mol. The van der Waals surface area contributed by atoms with Gasteiger partial charge in [-0.2, -0.15) is 0 Å². The third-order valence-corrected chi connectivity index (χ3v) is 4.75. The van der Waals surface area contributed by atoms with Crippen molar-refractivity contribution in [3.8, 4) is 16.9 Å². The van der Waals surface area contributed by atoms with Gasteiger partial charge in [0.1, 0.15) is 11.3 Å². The number of aryl methyl sites for hydroxylation is 1. The normalized spacial score (nSPS) is 14.2. The highest BCUT2D eigenvalue weighted by Gasteiger charge is 2.19. The topological polar surface area (TPSA) is 69.0 Å². The molecule has 1 aliphatic rings. The van der Waals surface area contributed by atoms with Gasteiger partial charge in [0.25, 0.3) is 5.91 Å². The van der Waals surface area contributed by atoms with Crippen LogP contribution < -0.4 is 10.4 Å². The molecular weight excluding hydrogens is 358 g/mol. The highest BCUT2D eigenvalue weighted by molar-refractivity contribution is 5.98. The van der Waals surface area contributed by atoms with E-state index >= 15 is 0 Å². The van der Waals surface area contributed by atoms with E-state index in [1.807, 2.05) is 43.3 Å². The SMILES string of the molecule is Cc1cc(OCC(=O)N2CCOCC2)c2c(-c3ccccc3)cc(=O)oc2c1. The lowest BCUT2D eigenvalue weighted by atomic mass is 10.0. The van der Waals surface area contributed by atoms with Gasteiger partial charge in [-0.05, 0) is 30.2 Å². The second kappa shape index (κ2) is 7.86. The first-order chi connectivity index (χ1) is 13.6. The molecule has 0 aliphatic carbocycles. The Morgan fingerprint density at radius 1 is 1.11 bits per heavy atom. The number of carbonyl (C=O) groups excluding carboxylic acids is 1. The molecule has 144 valence electrons. The Hall–Kier alpha value is -3.12. The smallest absolute Gasteiger partial charge is 0.336 e. The summed E-state index contributed by atoms with van der Waals surface area (Å²) in [5.74, 6) is 0.441. The number of ether oxygens (including phenoxy) is 2. The molecule has 1 aromatic heterocycles. The number of carbonyl (C=O) groups is 1. The van der Waals surface area contributed by atoms with Crippen molar-refractivity contribution in [3.05, 3.63) is 64.5 Å². The molecule has 0 saturated carbocycles. The number of fused-ring (bicyclic) bond motifs is 1. The van der Waals surface area contributed by atoms with E-state index in [0.717, 1.165) is 16.7 Å². The maximum atomic E-state index is 12.5. The number of hydrogen-bond donors (Lipinski definition) is 0. The van der Waals surface area contributed by atoms with E-state index in [9.17, 15) is 9.59 Å². The van der Waals surface area contributed by atoms with Crippen LogP contribution in [0.1, 0.15) is 5.56 Å². The summed E-state index contributed by atoms with van der Waals surface area (Å²) in [6, 6.07) is 14.7. The van der Waals surface area contributed by atoms with Gasteiger partial charge in [-0.25, -0.2) is 4.79 Å². The zero-order valence-corrected chi connectivity index (χ0v) is 15.6. The molecule has 0 atom stereocenters. The van der Waals surface area contributed by atoms with E-state index in [2.05, 4.69) is 0 Å². The number of morpholine rings is 1. The molecule has 0 bridgehead atoms. The summed E-state index contributed by atoms with van der Waals surface area (Å²) in [5, 5.41) is 0.686. The Bertz CT molecular complexity index is 1050. The van der Waals surface area contributed by atoms with E-state index in [1.54, 1.807) is 11.0 Å². The number of nitrogens with zero attached hydrogens (tertiary/aromatic N) is 1. The molecule has 0 spiro atoms. The Morgan fingerprint density at radius 3 is 2.61 bits per heavy atom. The molecular formula is C22H21NO5. The van der Waals surface area contributed by atoms with E-state index in [-0.39, 0.29) is 12.5 Å². The van der Waals surface area contributed by atoms with Crippen molar-refractivity contribution in [2.24, 2.45) is 0 Å². The zero-order valence-electron chi connectivity index (χ0n) is 15.6. The fourth-order valence-electron chi connectivity index (χ4n) is 3.40. The molecule has 2 heterocycles. The largest absolute Gasteiger partial charge is 0.483 e. The molecule has 4 rings (SSSR count). The standard InChI is InChI=1S/C22H21NO5/c1-15-11-18(27-14-20(24)23-7-9-26-10-8-23)22-17(16-5-3-2-4-6-16)13-21(25)28-19(22)12-15/h2-6,11-13H,7-10,14H2,1H3. The van der Waals surface area contributed by atoms with Gasteiger partial charge in [0.2, 0.25) is 0 Å². The zero-order chi connectivity index (χ0) is 19.5. The third-order valence-electron chi connectivity index (χ3n) is 4.75. The molecule has 0 unspecified atom stereocenters. The third kappa shape index (κ3) is 3.77. The molecule has 28 heavy (non-hydrogen) atoms. The first-order valence-electron chi connectivity index (χ1n) is 9.24. The fraction of sp³-hybridized carbons (Fsp3) is 0.273. The number of benzene rings is 2. The Labute approximate surface area is 162 Å². The van der Waals surface area contributed by atoms with Crippen molar-refractivity contribution in [1.29, 1.82) is 0 Å². The summed E-state index contributed by atoms with van der Waals surface area (Å²) in [6.07, 6.45) is 0. The van der Waals surface area contributed by atoms with E-state index in [0.29, 0.717) is 43.0 Å². The lowest BCUT2D eigenvalue weighted by Crippen LogP contribution is -2.43. The Kier molecular flexibility index (Phi) is 5.12. The molecule has 1 saturated heterocycles. The van der Waals surface area contributed by atoms with E-state index in [4.69, 9.17) is 13.9 Å². The predicted octanol–water partition coefficient (Wildman–Crippen LogP) is 3.01. The van der Waals surface area contributed by atoms with Crippen LogP contribution in [-0.4, -0.2) is 43.7 Å². The van der Waals surface area contributed by atoms with Crippen molar-refractivity contribution in [2.45, 2.75) is 6.92 Å². The van der Waals surface area contributed by atoms with Gasteiger partial charge in [0.15, 0.2) is 6.61 Å². The minimum atomic E-state index is -0.424. The van der Waals surface area contributed by atoms with Gasteiger partial charge in [0, 0.05) is 24.7 Å². The molecule has 1 fully saturated rings. The van der Waals surface area contributed by atoms with Crippen molar-refractivity contribution in [3.63, 3.8) is 0 Å². The number of hydrogen-bond acceptors (Lipinski definition) is 5. The van der Waals surface area contributed by atoms with Crippen LogP contribution in [0, 0.1) is 6.92 Å². The lowest BCUT2D eigenvalue weighted by Gasteiger charge is -2.26. The van der Waals surface area contributed by atoms with Crippen LogP contribution in [0.2, 0.25) is 0 Å². The molecule has 3 aromatic rings. The first-order valence-corrected chi connectivity index (χ1v) is 9.24. The summed E-state index contributed by atoms with van der Waals surface area (Å²) in [7, 11) is 0. The molecule has 1 amide bonds. The minimum Gasteiger partial charge on any atom is -0.483 e.